The minimum absolute atomic E-state index is 0.0481. The van der Waals surface area contributed by atoms with Crippen molar-refractivity contribution in [3.8, 4) is 5.75 Å². The minimum atomic E-state index is -3.58. The van der Waals surface area contributed by atoms with E-state index in [9.17, 15) is 13.2 Å². The van der Waals surface area contributed by atoms with Gasteiger partial charge in [0.15, 0.2) is 0 Å². The molecule has 34 heavy (non-hydrogen) atoms. The van der Waals surface area contributed by atoms with E-state index in [1.807, 2.05) is 19.1 Å². The van der Waals surface area contributed by atoms with Crippen LogP contribution in [0.15, 0.2) is 47.4 Å². The Morgan fingerprint density at radius 3 is 2.26 bits per heavy atom. The molecule has 0 saturated carbocycles. The third-order valence-electron chi connectivity index (χ3n) is 6.94. The fourth-order valence-corrected chi connectivity index (χ4v) is 6.43. The zero-order valence-corrected chi connectivity index (χ0v) is 20.9. The highest BCUT2D eigenvalue weighted by Crippen LogP contribution is 2.27. The van der Waals surface area contributed by atoms with Crippen molar-refractivity contribution >= 4 is 15.9 Å². The molecule has 2 aromatic rings. The molecule has 0 aliphatic carbocycles. The number of benzene rings is 2. The predicted octanol–water partition coefficient (Wildman–Crippen LogP) is 3.75. The Hall–Kier alpha value is -2.42. The molecular formula is C26H35N3O4S. The van der Waals surface area contributed by atoms with Crippen molar-refractivity contribution in [1.29, 1.82) is 0 Å². The summed E-state index contributed by atoms with van der Waals surface area (Å²) in [7, 11) is -1.93. The van der Waals surface area contributed by atoms with Crippen LogP contribution < -0.4 is 10.1 Å². The first-order valence-electron chi connectivity index (χ1n) is 12.2. The molecule has 2 heterocycles. The van der Waals surface area contributed by atoms with E-state index in [4.69, 9.17) is 4.74 Å². The molecular weight excluding hydrogens is 450 g/mol. The van der Waals surface area contributed by atoms with Crippen LogP contribution in [0.2, 0.25) is 0 Å². The van der Waals surface area contributed by atoms with E-state index in [0.717, 1.165) is 55.6 Å². The van der Waals surface area contributed by atoms with Crippen LogP contribution in [0.5, 0.6) is 5.75 Å². The van der Waals surface area contributed by atoms with Crippen molar-refractivity contribution in [1.82, 2.24) is 14.5 Å². The second kappa shape index (κ2) is 10.9. The van der Waals surface area contributed by atoms with Gasteiger partial charge in [0, 0.05) is 25.2 Å². The van der Waals surface area contributed by atoms with Crippen molar-refractivity contribution in [3.05, 3.63) is 59.2 Å². The summed E-state index contributed by atoms with van der Waals surface area (Å²) in [5.41, 5.74) is 2.30. The lowest BCUT2D eigenvalue weighted by Crippen LogP contribution is -2.40. The fraction of sp³-hybridized carbons (Fsp3) is 0.500. The summed E-state index contributed by atoms with van der Waals surface area (Å²) in [6, 6.07) is 12.9. The Morgan fingerprint density at radius 2 is 1.62 bits per heavy atom. The van der Waals surface area contributed by atoms with E-state index in [2.05, 4.69) is 22.3 Å². The molecule has 7 nitrogen and oxygen atoms in total. The maximum absolute atomic E-state index is 13.2. The predicted molar refractivity (Wildman–Crippen MR) is 133 cm³/mol. The van der Waals surface area contributed by atoms with E-state index >= 15 is 0 Å². The summed E-state index contributed by atoms with van der Waals surface area (Å²) < 4.78 is 32.8. The zero-order chi connectivity index (χ0) is 24.1. The summed E-state index contributed by atoms with van der Waals surface area (Å²) in [6.45, 7) is 5.36. The summed E-state index contributed by atoms with van der Waals surface area (Å²) >= 11 is 0. The molecule has 2 aliphatic heterocycles. The normalized spacial score (nSPS) is 18.5. The highest BCUT2D eigenvalue weighted by Gasteiger charge is 2.28. The van der Waals surface area contributed by atoms with Gasteiger partial charge in [-0.25, -0.2) is 8.42 Å². The molecule has 184 valence electrons. The number of hydrogen-bond donors (Lipinski definition) is 1. The molecule has 1 atom stereocenters. The van der Waals surface area contributed by atoms with E-state index < -0.39 is 10.0 Å². The quantitative estimate of drug-likeness (QED) is 0.616. The van der Waals surface area contributed by atoms with Gasteiger partial charge >= 0.3 is 0 Å². The first-order chi connectivity index (χ1) is 16.4. The van der Waals surface area contributed by atoms with Crippen molar-refractivity contribution in [2.24, 2.45) is 0 Å². The van der Waals surface area contributed by atoms with Crippen LogP contribution in [0, 0.1) is 6.92 Å². The van der Waals surface area contributed by atoms with E-state index in [0.29, 0.717) is 25.2 Å². The van der Waals surface area contributed by atoms with Gasteiger partial charge in [0.1, 0.15) is 5.75 Å². The highest BCUT2D eigenvalue weighted by atomic mass is 32.2. The summed E-state index contributed by atoms with van der Waals surface area (Å²) in [4.78, 5) is 15.8. The van der Waals surface area contributed by atoms with Crippen molar-refractivity contribution in [2.75, 3.05) is 39.8 Å². The molecule has 0 spiro atoms. The fourth-order valence-electron chi connectivity index (χ4n) is 4.88. The van der Waals surface area contributed by atoms with Gasteiger partial charge < -0.3 is 10.1 Å². The number of carbonyl (C=O) groups is 1. The third kappa shape index (κ3) is 5.45. The number of methoxy groups -OCH3 is 1. The SMILES string of the molecule is COc1ccc([C@@H](CNC(=O)c2cc(S(=O)(=O)N3CCCC3)ccc2C)N2CCCCC2)cc1. The van der Waals surface area contributed by atoms with Crippen LogP contribution in [0.3, 0.4) is 0 Å². The number of ether oxygens (including phenoxy) is 1. The number of aryl methyl sites for hydroxylation is 1. The second-order valence-electron chi connectivity index (χ2n) is 9.18. The molecule has 0 radical (unpaired) electrons. The Kier molecular flexibility index (Phi) is 7.91. The van der Waals surface area contributed by atoms with Crippen LogP contribution >= 0.6 is 0 Å². The lowest BCUT2D eigenvalue weighted by molar-refractivity contribution is 0.0923. The Labute approximate surface area is 203 Å². The molecule has 0 aromatic heterocycles. The van der Waals surface area contributed by atoms with Crippen LogP contribution in [0.25, 0.3) is 0 Å². The Balaban J connectivity index is 1.53. The van der Waals surface area contributed by atoms with Crippen molar-refractivity contribution < 1.29 is 17.9 Å². The zero-order valence-electron chi connectivity index (χ0n) is 20.1. The molecule has 2 aromatic carbocycles. The number of nitrogens with one attached hydrogen (secondary N) is 1. The van der Waals surface area contributed by atoms with Crippen LogP contribution in [-0.4, -0.2) is 63.4 Å². The van der Waals surface area contributed by atoms with Gasteiger partial charge in [0.25, 0.3) is 5.91 Å². The number of sulfonamides is 1. The van der Waals surface area contributed by atoms with Gasteiger partial charge in [-0.2, -0.15) is 4.31 Å². The minimum Gasteiger partial charge on any atom is -0.497 e. The van der Waals surface area contributed by atoms with Gasteiger partial charge in [-0.15, -0.1) is 0 Å². The van der Waals surface area contributed by atoms with Gasteiger partial charge in [0.05, 0.1) is 18.0 Å². The summed E-state index contributed by atoms with van der Waals surface area (Å²) in [5.74, 6) is 0.559. The first kappa shape index (κ1) is 24.7. The van der Waals surface area contributed by atoms with Crippen LogP contribution in [0.4, 0.5) is 0 Å². The third-order valence-corrected chi connectivity index (χ3v) is 8.84. The number of carbonyl (C=O) groups excluding carboxylic acids is 1. The van der Waals surface area contributed by atoms with Gasteiger partial charge in [0.2, 0.25) is 10.0 Å². The number of amides is 1. The topological polar surface area (TPSA) is 78.9 Å². The molecule has 0 bridgehead atoms. The Morgan fingerprint density at radius 1 is 0.971 bits per heavy atom. The summed E-state index contributed by atoms with van der Waals surface area (Å²) in [6.07, 6.45) is 5.28. The lowest BCUT2D eigenvalue weighted by atomic mass is 10.0. The molecule has 2 saturated heterocycles. The monoisotopic (exact) mass is 485 g/mol. The standard InChI is InChI=1S/C26H35N3O4S/c1-20-8-13-23(34(31,32)29-16-6-7-17-29)18-24(20)26(30)27-19-25(28-14-4-3-5-15-28)21-9-11-22(33-2)12-10-21/h8-13,18,25H,3-7,14-17,19H2,1-2H3,(H,27,30)/t25-/m1/s1. The van der Waals surface area contributed by atoms with Gasteiger partial charge in [-0.1, -0.05) is 24.6 Å². The average molecular weight is 486 g/mol. The molecule has 1 N–H and O–H groups in total. The smallest absolute Gasteiger partial charge is 0.251 e. The maximum Gasteiger partial charge on any atom is 0.251 e. The Bertz CT molecular complexity index is 1090. The summed E-state index contributed by atoms with van der Waals surface area (Å²) in [5, 5.41) is 3.09. The van der Waals surface area contributed by atoms with E-state index in [-0.39, 0.29) is 16.8 Å². The van der Waals surface area contributed by atoms with Crippen molar-refractivity contribution in [3.63, 3.8) is 0 Å². The lowest BCUT2D eigenvalue weighted by Gasteiger charge is -2.35. The van der Waals surface area contributed by atoms with E-state index in [1.165, 1.54) is 16.8 Å². The van der Waals surface area contributed by atoms with Gasteiger partial charge in [-0.05, 0) is 81.1 Å². The molecule has 0 unspecified atom stereocenters. The van der Waals surface area contributed by atoms with E-state index in [1.54, 1.807) is 19.2 Å². The molecule has 2 fully saturated rings. The maximum atomic E-state index is 13.2. The number of hydrogen-bond acceptors (Lipinski definition) is 5. The molecule has 1 amide bonds. The first-order valence-corrected chi connectivity index (χ1v) is 13.6. The number of nitrogens with zero attached hydrogens (tertiary/aromatic N) is 2. The average Bonchev–Trinajstić information content (AvgIpc) is 3.41. The molecule has 4 rings (SSSR count). The molecule has 8 heteroatoms. The van der Waals surface area contributed by atoms with Crippen LogP contribution in [-0.2, 0) is 10.0 Å². The van der Waals surface area contributed by atoms with Gasteiger partial charge in [-0.3, -0.25) is 9.69 Å². The van der Waals surface area contributed by atoms with Crippen LogP contribution in [0.1, 0.15) is 59.6 Å². The largest absolute Gasteiger partial charge is 0.497 e. The second-order valence-corrected chi connectivity index (χ2v) is 11.1. The highest BCUT2D eigenvalue weighted by molar-refractivity contribution is 7.89. The van der Waals surface area contributed by atoms with Crippen molar-refractivity contribution in [2.45, 2.75) is 50.0 Å². The molecule has 2 aliphatic rings. The number of rotatable bonds is 8. The number of likely N-dealkylation sites (tertiary alicyclic amines) is 1. The number of piperidine rings is 1.